The average Bonchev–Trinajstić information content (AvgIpc) is 2.57. The molecule has 1 aliphatic rings. The van der Waals surface area contributed by atoms with Crippen LogP contribution >= 0.6 is 0 Å². The Morgan fingerprint density at radius 1 is 1.40 bits per heavy atom. The van der Waals surface area contributed by atoms with E-state index in [4.69, 9.17) is 5.26 Å². The van der Waals surface area contributed by atoms with Crippen LogP contribution in [0.4, 0.5) is 14.9 Å². The first kappa shape index (κ1) is 19.1. The van der Waals surface area contributed by atoms with Crippen LogP contribution in [0.25, 0.3) is 0 Å². The highest BCUT2D eigenvalue weighted by Gasteiger charge is 2.28. The highest BCUT2D eigenvalue weighted by molar-refractivity contribution is 7.89. The summed E-state index contributed by atoms with van der Waals surface area (Å²) in [6, 6.07) is 4.70. The maximum Gasteiger partial charge on any atom is 0.319 e. The van der Waals surface area contributed by atoms with Crippen molar-refractivity contribution in [3.05, 3.63) is 29.6 Å². The lowest BCUT2D eigenvalue weighted by atomic mass is 10.1. The van der Waals surface area contributed by atoms with Crippen molar-refractivity contribution in [1.29, 1.82) is 5.26 Å². The molecular weight excluding hydrogens is 347 g/mol. The Kier molecular flexibility index (Phi) is 6.33. The maximum atomic E-state index is 13.1. The predicted molar refractivity (Wildman–Crippen MR) is 91.9 cm³/mol. The molecule has 0 atom stereocenters. The van der Waals surface area contributed by atoms with Crippen LogP contribution < -0.4 is 10.6 Å². The number of nitriles is 1. The van der Waals surface area contributed by atoms with Crippen molar-refractivity contribution in [1.82, 2.24) is 9.62 Å². The highest BCUT2D eigenvalue weighted by atomic mass is 32.2. The number of piperidine rings is 1. The van der Waals surface area contributed by atoms with Crippen LogP contribution in [-0.2, 0) is 10.0 Å². The van der Waals surface area contributed by atoms with E-state index in [1.807, 2.05) is 13.0 Å². The first-order chi connectivity index (χ1) is 11.9. The summed E-state index contributed by atoms with van der Waals surface area (Å²) in [4.78, 5) is 12.1. The van der Waals surface area contributed by atoms with Crippen molar-refractivity contribution >= 4 is 21.7 Å². The second kappa shape index (κ2) is 8.27. The van der Waals surface area contributed by atoms with Crippen molar-refractivity contribution in [2.75, 3.05) is 24.2 Å². The zero-order valence-electron chi connectivity index (χ0n) is 14.0. The Balaban J connectivity index is 1.88. The third-order valence-electron chi connectivity index (χ3n) is 3.99. The molecule has 1 saturated heterocycles. The molecule has 1 aromatic rings. The van der Waals surface area contributed by atoms with Gasteiger partial charge in [-0.05, 0) is 37.5 Å². The van der Waals surface area contributed by atoms with Gasteiger partial charge >= 0.3 is 6.03 Å². The van der Waals surface area contributed by atoms with Crippen molar-refractivity contribution in [2.45, 2.75) is 32.2 Å². The third-order valence-corrected chi connectivity index (χ3v) is 6.07. The molecule has 2 rings (SSSR count). The lowest BCUT2D eigenvalue weighted by Crippen LogP contribution is -2.48. The predicted octanol–water partition coefficient (Wildman–Crippen LogP) is 2.02. The topological polar surface area (TPSA) is 102 Å². The maximum absolute atomic E-state index is 13.1. The molecule has 0 aromatic heterocycles. The second-order valence-corrected chi connectivity index (χ2v) is 7.98. The Hall–Kier alpha value is -2.18. The van der Waals surface area contributed by atoms with E-state index in [1.165, 1.54) is 10.4 Å². The number of benzene rings is 1. The molecule has 0 unspecified atom stereocenters. The number of amides is 2. The van der Waals surface area contributed by atoms with Crippen molar-refractivity contribution in [2.24, 2.45) is 0 Å². The fraction of sp³-hybridized carbons (Fsp3) is 0.500. The molecule has 1 aromatic carbocycles. The number of carbonyl (C=O) groups is 1. The minimum Gasteiger partial charge on any atom is -0.335 e. The van der Waals surface area contributed by atoms with Gasteiger partial charge < -0.3 is 10.6 Å². The standard InChI is InChI=1S/C16H21FN4O3S/c1-2-9-25(23,24)21-7-5-14(6-8-21)19-16(22)20-15-4-3-13(17)10-12(15)11-18/h3-4,10,14H,2,5-9H2,1H3,(H2,19,20,22). The van der Waals surface area contributed by atoms with Gasteiger partial charge in [-0.3, -0.25) is 0 Å². The lowest BCUT2D eigenvalue weighted by molar-refractivity contribution is 0.238. The van der Waals surface area contributed by atoms with Gasteiger partial charge in [0.25, 0.3) is 0 Å². The molecule has 136 valence electrons. The zero-order chi connectivity index (χ0) is 18.4. The van der Waals surface area contributed by atoms with Gasteiger partial charge in [-0.15, -0.1) is 0 Å². The summed E-state index contributed by atoms with van der Waals surface area (Å²) in [6.45, 7) is 2.56. The molecule has 7 nitrogen and oxygen atoms in total. The number of nitrogens with one attached hydrogen (secondary N) is 2. The van der Waals surface area contributed by atoms with Crippen molar-refractivity contribution < 1.29 is 17.6 Å². The number of rotatable bonds is 5. The molecule has 0 bridgehead atoms. The number of hydrogen-bond acceptors (Lipinski definition) is 4. The first-order valence-electron chi connectivity index (χ1n) is 8.10. The normalized spacial score (nSPS) is 16.2. The van der Waals surface area contributed by atoms with E-state index in [1.54, 1.807) is 0 Å². The average molecular weight is 368 g/mol. The third kappa shape index (κ3) is 5.14. The van der Waals surface area contributed by atoms with E-state index in [9.17, 15) is 17.6 Å². The van der Waals surface area contributed by atoms with Crippen LogP contribution in [0.2, 0.25) is 0 Å². The molecule has 2 amide bonds. The second-order valence-electron chi connectivity index (χ2n) is 5.89. The molecule has 25 heavy (non-hydrogen) atoms. The van der Waals surface area contributed by atoms with E-state index in [0.717, 1.165) is 12.1 Å². The molecule has 0 spiro atoms. The number of hydrogen-bond donors (Lipinski definition) is 2. The van der Waals surface area contributed by atoms with Gasteiger partial charge in [-0.25, -0.2) is 21.9 Å². The van der Waals surface area contributed by atoms with Crippen LogP contribution in [-0.4, -0.2) is 43.6 Å². The number of anilines is 1. The van der Waals surface area contributed by atoms with Crippen LogP contribution in [0.5, 0.6) is 0 Å². The van der Waals surface area contributed by atoms with Crippen LogP contribution in [0, 0.1) is 17.1 Å². The van der Waals surface area contributed by atoms with Gasteiger partial charge in [0, 0.05) is 19.1 Å². The molecular formula is C16H21FN4O3S. The van der Waals surface area contributed by atoms with E-state index < -0.39 is 21.9 Å². The van der Waals surface area contributed by atoms with Gasteiger partial charge in [-0.2, -0.15) is 5.26 Å². The molecule has 9 heteroatoms. The molecule has 0 aliphatic carbocycles. The summed E-state index contributed by atoms with van der Waals surface area (Å²) in [5.41, 5.74) is 0.264. The molecule has 0 saturated carbocycles. The Morgan fingerprint density at radius 2 is 2.08 bits per heavy atom. The number of sulfonamides is 1. The highest BCUT2D eigenvalue weighted by Crippen LogP contribution is 2.17. The fourth-order valence-electron chi connectivity index (χ4n) is 2.73. The summed E-state index contributed by atoms with van der Waals surface area (Å²) < 4.78 is 38.6. The summed E-state index contributed by atoms with van der Waals surface area (Å²) in [5, 5.41) is 14.3. The van der Waals surface area contributed by atoms with Gasteiger partial charge in [0.2, 0.25) is 10.0 Å². The largest absolute Gasteiger partial charge is 0.335 e. The molecule has 2 N–H and O–H groups in total. The summed E-state index contributed by atoms with van der Waals surface area (Å²) in [6.07, 6.45) is 1.61. The molecule has 1 aliphatic heterocycles. The zero-order valence-corrected chi connectivity index (χ0v) is 14.8. The number of halogens is 1. The van der Waals surface area contributed by atoms with Gasteiger partial charge in [0.15, 0.2) is 0 Å². The number of carbonyl (C=O) groups excluding carboxylic acids is 1. The summed E-state index contributed by atoms with van der Waals surface area (Å²) >= 11 is 0. The quantitative estimate of drug-likeness (QED) is 0.830. The SMILES string of the molecule is CCCS(=O)(=O)N1CCC(NC(=O)Nc2ccc(F)cc2C#N)CC1. The molecule has 1 fully saturated rings. The summed E-state index contributed by atoms with van der Waals surface area (Å²) in [7, 11) is -3.21. The van der Waals surface area contributed by atoms with Gasteiger partial charge in [0.05, 0.1) is 17.0 Å². The van der Waals surface area contributed by atoms with E-state index >= 15 is 0 Å². The van der Waals surface area contributed by atoms with Gasteiger partial charge in [-0.1, -0.05) is 6.92 Å². The first-order valence-corrected chi connectivity index (χ1v) is 9.71. The van der Waals surface area contributed by atoms with Gasteiger partial charge in [0.1, 0.15) is 11.9 Å². The minimum atomic E-state index is -3.21. The van der Waals surface area contributed by atoms with Crippen molar-refractivity contribution in [3.8, 4) is 6.07 Å². The fourth-order valence-corrected chi connectivity index (χ4v) is 4.27. The summed E-state index contributed by atoms with van der Waals surface area (Å²) in [5.74, 6) is -0.421. The van der Waals surface area contributed by atoms with Crippen LogP contribution in [0.1, 0.15) is 31.7 Å². The molecule has 0 radical (unpaired) electrons. The number of nitrogens with zero attached hydrogens (tertiary/aromatic N) is 2. The van der Waals surface area contributed by atoms with Crippen LogP contribution in [0.15, 0.2) is 18.2 Å². The Morgan fingerprint density at radius 3 is 2.68 bits per heavy atom. The number of urea groups is 1. The van der Waals surface area contributed by atoms with E-state index in [2.05, 4.69) is 10.6 Å². The lowest BCUT2D eigenvalue weighted by Gasteiger charge is -2.31. The Bertz CT molecular complexity index is 768. The Labute approximate surface area is 146 Å². The monoisotopic (exact) mass is 368 g/mol. The van der Waals surface area contributed by atoms with Crippen LogP contribution in [0.3, 0.4) is 0 Å². The minimum absolute atomic E-state index is 0.0376. The molecule has 1 heterocycles. The van der Waals surface area contributed by atoms with E-state index in [0.29, 0.717) is 32.4 Å². The smallest absolute Gasteiger partial charge is 0.319 e. The van der Waals surface area contributed by atoms with E-state index in [-0.39, 0.29) is 23.0 Å². The van der Waals surface area contributed by atoms with Crippen molar-refractivity contribution in [3.63, 3.8) is 0 Å².